The van der Waals surface area contributed by atoms with Crippen molar-refractivity contribution in [3.05, 3.63) is 0 Å². The van der Waals surface area contributed by atoms with Crippen molar-refractivity contribution in [3.8, 4) is 0 Å². The van der Waals surface area contributed by atoms with Crippen molar-refractivity contribution >= 4 is 53.2 Å². The van der Waals surface area contributed by atoms with Gasteiger partial charge in [-0.2, -0.15) is 15.0 Å². The molecular weight excluding hydrogens is 460 g/mol. The van der Waals surface area contributed by atoms with Crippen LogP contribution in [0.25, 0.3) is 0 Å². The normalized spacial score (nSPS) is 9.00. The molecule has 0 bridgehead atoms. The van der Waals surface area contributed by atoms with E-state index in [1.807, 2.05) is 0 Å². The Hall–Kier alpha value is 3.38. The Morgan fingerprint density at radius 1 is 0.625 bits per heavy atom. The number of carboxylic acid groups (broad SMARTS) is 3. The maximum atomic E-state index is 10.4. The molecule has 114 valence electrons. The Balaban J connectivity index is -0.00000147. The zero-order valence-electron chi connectivity index (χ0n) is 13.1. The molecule has 9 nitrogen and oxygen atoms in total. The van der Waals surface area contributed by atoms with Crippen LogP contribution in [0.4, 0.5) is 0 Å². The maximum Gasteiger partial charge on any atom is 1.00 e. The van der Waals surface area contributed by atoms with Crippen LogP contribution in [0.15, 0.2) is 15.5 Å². The minimum absolute atomic E-state index is 0. The summed E-state index contributed by atoms with van der Waals surface area (Å²) in [7, 11) is 0. The zero-order valence-corrected chi connectivity index (χ0v) is 25.0. The molecule has 0 spiro atoms. The zero-order chi connectivity index (χ0) is 15.8. The molecule has 0 saturated carbocycles. The summed E-state index contributed by atoms with van der Waals surface area (Å²) in [5, 5.41) is 31.2. The molecule has 15 heteroatoms. The molecule has 1 aromatic heterocycles. The first-order valence-electron chi connectivity index (χ1n) is 5.11. The Bertz CT molecular complexity index is 480. The van der Waals surface area contributed by atoms with E-state index in [2.05, 4.69) is 15.0 Å². The summed E-state index contributed by atoms with van der Waals surface area (Å²) in [5.74, 6) is -5.19. The summed E-state index contributed by atoms with van der Waals surface area (Å²) in [6.45, 7) is 0. The fourth-order valence-electron chi connectivity index (χ4n) is 0.885. The molecule has 0 unspecified atom stereocenters. The van der Waals surface area contributed by atoms with Crippen molar-refractivity contribution in [2.75, 3.05) is 17.3 Å². The molecule has 0 radical (unpaired) electrons. The predicted molar refractivity (Wildman–Crippen MR) is 67.0 cm³/mol. The van der Waals surface area contributed by atoms with Crippen molar-refractivity contribution < 1.29 is 184 Å². The number of carbonyl (C=O) groups excluding carboxylic acids is 3. The standard InChI is InChI=1S/C9H9N3O6S3.3K/c13-4(14)1-19-7-10-8(20-2-5(15)16)12-9(11-7)21-3-6(17)18;;;/h1-3H2,(H,13,14)(H,15,16)(H,17,18);;;/q;3*+1/p-3. The number of nitrogens with zero attached hydrogens (tertiary/aromatic N) is 3. The minimum Gasteiger partial charge on any atom is -0.549 e. The predicted octanol–water partition coefficient (Wildman–Crippen LogP) is -12.6. The fraction of sp³-hybridized carbons (Fsp3) is 0.333. The molecule has 0 atom stereocenters. The fourth-order valence-corrected chi connectivity index (χ4v) is 2.70. The van der Waals surface area contributed by atoms with E-state index < -0.39 is 35.2 Å². The molecule has 24 heavy (non-hydrogen) atoms. The largest absolute Gasteiger partial charge is 1.00 e. The van der Waals surface area contributed by atoms with E-state index in [0.717, 1.165) is 35.3 Å². The number of hydrogen-bond acceptors (Lipinski definition) is 12. The first-order chi connectivity index (χ1) is 9.86. The van der Waals surface area contributed by atoms with Gasteiger partial charge < -0.3 is 29.7 Å². The Morgan fingerprint density at radius 3 is 1.00 bits per heavy atom. The Morgan fingerprint density at radius 2 is 0.833 bits per heavy atom. The van der Waals surface area contributed by atoms with E-state index in [1.165, 1.54) is 0 Å². The van der Waals surface area contributed by atoms with Gasteiger partial charge in [0.15, 0.2) is 15.5 Å². The van der Waals surface area contributed by atoms with Crippen LogP contribution in [0.1, 0.15) is 0 Å². The Kier molecular flexibility index (Phi) is 24.6. The van der Waals surface area contributed by atoms with Crippen LogP contribution in [-0.4, -0.2) is 50.1 Å². The van der Waals surface area contributed by atoms with Crippen molar-refractivity contribution in [2.24, 2.45) is 0 Å². The second-order valence-corrected chi connectivity index (χ2v) is 5.99. The van der Waals surface area contributed by atoms with Crippen molar-refractivity contribution in [1.82, 2.24) is 15.0 Å². The monoisotopic (exact) mass is 465 g/mol. The van der Waals surface area contributed by atoms with E-state index in [0.29, 0.717) is 0 Å². The summed E-state index contributed by atoms with van der Waals surface area (Å²) in [6.07, 6.45) is 0. The molecule has 0 aliphatic carbocycles. The molecule has 0 aromatic carbocycles. The van der Waals surface area contributed by atoms with E-state index in [1.54, 1.807) is 0 Å². The number of aliphatic carboxylic acids is 3. The molecule has 1 rings (SSSR count). The molecule has 1 heterocycles. The molecule has 0 fully saturated rings. The molecule has 0 aliphatic heterocycles. The number of carbonyl (C=O) groups is 3. The smallest absolute Gasteiger partial charge is 0.549 e. The van der Waals surface area contributed by atoms with Crippen LogP contribution < -0.4 is 169 Å². The van der Waals surface area contributed by atoms with Gasteiger partial charge in [0.25, 0.3) is 0 Å². The van der Waals surface area contributed by atoms with Gasteiger partial charge in [0.1, 0.15) is 0 Å². The average Bonchev–Trinajstić information content (AvgIpc) is 2.40. The summed E-state index contributed by atoms with van der Waals surface area (Å²) in [5.41, 5.74) is 0. The molecular formula is C9H6K3N3O6S3. The van der Waals surface area contributed by atoms with E-state index in [-0.39, 0.29) is 170 Å². The first-order valence-corrected chi connectivity index (χ1v) is 8.06. The topological polar surface area (TPSA) is 159 Å². The summed E-state index contributed by atoms with van der Waals surface area (Å²) in [4.78, 5) is 42.7. The third-order valence-electron chi connectivity index (χ3n) is 1.53. The van der Waals surface area contributed by atoms with Gasteiger partial charge in [-0.25, -0.2) is 0 Å². The third-order valence-corrected chi connectivity index (χ3v) is 3.99. The second kappa shape index (κ2) is 18.4. The minimum atomic E-state index is -1.33. The van der Waals surface area contributed by atoms with Crippen LogP contribution in [0.5, 0.6) is 0 Å². The second-order valence-electron chi connectivity index (χ2n) is 3.17. The van der Waals surface area contributed by atoms with E-state index in [4.69, 9.17) is 0 Å². The van der Waals surface area contributed by atoms with Gasteiger partial charge in [-0.3, -0.25) is 0 Å². The summed E-state index contributed by atoms with van der Waals surface area (Å²) < 4.78 is 0. The van der Waals surface area contributed by atoms with Crippen LogP contribution in [0.3, 0.4) is 0 Å². The van der Waals surface area contributed by atoms with Crippen LogP contribution >= 0.6 is 35.3 Å². The van der Waals surface area contributed by atoms with Gasteiger partial charge in [-0.05, 0) is 0 Å². The van der Waals surface area contributed by atoms with Crippen molar-refractivity contribution in [2.45, 2.75) is 15.5 Å². The number of hydrogen-bond donors (Lipinski definition) is 0. The van der Waals surface area contributed by atoms with E-state index >= 15 is 0 Å². The molecule has 0 amide bonds. The van der Waals surface area contributed by atoms with Crippen molar-refractivity contribution in [1.29, 1.82) is 0 Å². The first kappa shape index (κ1) is 32.1. The SMILES string of the molecule is O=C([O-])CSc1nc(SCC(=O)[O-])nc(SCC(=O)[O-])n1.[K+].[K+].[K+]. The summed E-state index contributed by atoms with van der Waals surface area (Å²) in [6, 6.07) is 0. The van der Waals surface area contributed by atoms with Gasteiger partial charge in [-0.15, -0.1) is 0 Å². The molecule has 0 aliphatic rings. The average molecular weight is 466 g/mol. The van der Waals surface area contributed by atoms with Gasteiger partial charge in [0.05, 0.1) is 17.9 Å². The molecule has 0 saturated heterocycles. The van der Waals surface area contributed by atoms with Crippen molar-refractivity contribution in [3.63, 3.8) is 0 Å². The van der Waals surface area contributed by atoms with Crippen LogP contribution in [0, 0.1) is 0 Å². The van der Waals surface area contributed by atoms with Crippen LogP contribution in [-0.2, 0) is 14.4 Å². The maximum absolute atomic E-state index is 10.4. The van der Waals surface area contributed by atoms with Gasteiger partial charge in [0.2, 0.25) is 0 Å². The molecule has 0 N–H and O–H groups in total. The number of carboxylic acids is 3. The van der Waals surface area contributed by atoms with Crippen LogP contribution in [0.2, 0.25) is 0 Å². The quantitative estimate of drug-likeness (QED) is 0.251. The number of thioether (sulfide) groups is 3. The number of aromatic nitrogens is 3. The van der Waals surface area contributed by atoms with Gasteiger partial charge in [0, 0.05) is 17.3 Å². The Labute approximate surface area is 277 Å². The van der Waals surface area contributed by atoms with E-state index in [9.17, 15) is 29.7 Å². The number of rotatable bonds is 9. The van der Waals surface area contributed by atoms with Gasteiger partial charge in [-0.1, -0.05) is 35.3 Å². The molecule has 1 aromatic rings. The third kappa shape index (κ3) is 16.3. The summed E-state index contributed by atoms with van der Waals surface area (Å²) >= 11 is 2.24. The van der Waals surface area contributed by atoms with Gasteiger partial charge >= 0.3 is 154 Å².